The molecule has 0 fully saturated rings. The first kappa shape index (κ1) is 12.6. The molecule has 0 atom stereocenters. The van der Waals surface area contributed by atoms with Crippen molar-refractivity contribution in [2.75, 3.05) is 0 Å². The average molecular weight is 290 g/mol. The fourth-order valence-corrected chi connectivity index (χ4v) is 3.09. The van der Waals surface area contributed by atoms with Gasteiger partial charge in [0.1, 0.15) is 0 Å². The second kappa shape index (κ2) is 5.27. The van der Waals surface area contributed by atoms with Crippen LogP contribution in [0, 0.1) is 0 Å². The zero-order valence-corrected chi connectivity index (χ0v) is 11.8. The summed E-state index contributed by atoms with van der Waals surface area (Å²) in [5, 5.41) is 0.617. The molecule has 0 aliphatic heterocycles. The number of rotatable bonds is 1. The Bertz CT molecular complexity index is 646. The number of aryl methyl sites for hydroxylation is 1. The maximum Gasteiger partial charge on any atom is 0.189 e. The Morgan fingerprint density at radius 1 is 1.32 bits per heavy atom. The summed E-state index contributed by atoms with van der Waals surface area (Å²) in [5.74, 6) is 0.100. The van der Waals surface area contributed by atoms with Crippen molar-refractivity contribution >= 4 is 34.8 Å². The van der Waals surface area contributed by atoms with Gasteiger partial charge in [0, 0.05) is 27.2 Å². The van der Waals surface area contributed by atoms with E-state index in [0.717, 1.165) is 40.8 Å². The van der Waals surface area contributed by atoms with Gasteiger partial charge in [0.15, 0.2) is 5.78 Å². The number of Topliss-reactive ketones (excluding diaryl/α,β-unsaturated/α-hetero) is 1. The van der Waals surface area contributed by atoms with Gasteiger partial charge in [-0.25, -0.2) is 0 Å². The minimum absolute atomic E-state index is 0.100. The fraction of sp³-hybridized carbons (Fsp3) is 0.200. The molecular formula is C15H12ClNOS. The van der Waals surface area contributed by atoms with Crippen LogP contribution in [0.3, 0.4) is 0 Å². The van der Waals surface area contributed by atoms with Crippen LogP contribution < -0.4 is 0 Å². The van der Waals surface area contributed by atoms with Gasteiger partial charge in [-0.15, -0.1) is 11.3 Å². The van der Waals surface area contributed by atoms with E-state index in [1.165, 1.54) is 0 Å². The summed E-state index contributed by atoms with van der Waals surface area (Å²) in [6.45, 7) is 0. The monoisotopic (exact) mass is 289 g/mol. The van der Waals surface area contributed by atoms with Crippen molar-refractivity contribution in [3.63, 3.8) is 0 Å². The van der Waals surface area contributed by atoms with Gasteiger partial charge in [0.05, 0.1) is 5.51 Å². The van der Waals surface area contributed by atoms with Crippen LogP contribution in [0.25, 0.3) is 6.08 Å². The lowest BCUT2D eigenvalue weighted by atomic mass is 10.00. The number of hydrogen-bond acceptors (Lipinski definition) is 3. The van der Waals surface area contributed by atoms with Crippen molar-refractivity contribution < 1.29 is 4.79 Å². The molecule has 0 saturated carbocycles. The second-order valence-corrected chi connectivity index (χ2v) is 5.91. The van der Waals surface area contributed by atoms with E-state index in [-0.39, 0.29) is 5.78 Å². The van der Waals surface area contributed by atoms with Crippen LogP contribution in [-0.4, -0.2) is 10.8 Å². The molecule has 1 aromatic heterocycles. The number of hydrogen-bond donors (Lipinski definition) is 0. The van der Waals surface area contributed by atoms with Gasteiger partial charge < -0.3 is 0 Å². The number of ketones is 1. The summed E-state index contributed by atoms with van der Waals surface area (Å²) < 4.78 is 0. The van der Waals surface area contributed by atoms with Gasteiger partial charge in [0.25, 0.3) is 0 Å². The minimum Gasteiger partial charge on any atom is -0.289 e. The van der Waals surface area contributed by atoms with Gasteiger partial charge in [-0.1, -0.05) is 17.7 Å². The van der Waals surface area contributed by atoms with E-state index in [1.54, 1.807) is 29.1 Å². The zero-order chi connectivity index (χ0) is 13.2. The number of carbonyl (C=O) groups excluding carboxylic acids is 1. The van der Waals surface area contributed by atoms with E-state index in [4.69, 9.17) is 11.6 Å². The summed E-state index contributed by atoms with van der Waals surface area (Å²) in [6, 6.07) is 5.60. The number of fused-ring (bicyclic) bond motifs is 1. The first-order chi connectivity index (χ1) is 9.24. The van der Waals surface area contributed by atoms with Crippen LogP contribution in [-0.2, 0) is 6.42 Å². The van der Waals surface area contributed by atoms with Crippen molar-refractivity contribution in [1.82, 2.24) is 4.98 Å². The Morgan fingerprint density at radius 3 is 3.00 bits per heavy atom. The summed E-state index contributed by atoms with van der Waals surface area (Å²) in [7, 11) is 0. The molecule has 1 aromatic carbocycles. The Morgan fingerprint density at radius 2 is 2.21 bits per heavy atom. The lowest BCUT2D eigenvalue weighted by Gasteiger charge is -2.05. The predicted octanol–water partition coefficient (Wildman–Crippen LogP) is 4.40. The number of nitrogens with zero attached hydrogens (tertiary/aromatic N) is 1. The van der Waals surface area contributed by atoms with Gasteiger partial charge in [-0.3, -0.25) is 9.78 Å². The number of allylic oxidation sites excluding steroid dienone is 1. The van der Waals surface area contributed by atoms with Crippen molar-refractivity contribution in [2.24, 2.45) is 0 Å². The second-order valence-electron chi connectivity index (χ2n) is 4.56. The van der Waals surface area contributed by atoms with E-state index in [2.05, 4.69) is 4.98 Å². The molecular weight excluding hydrogens is 278 g/mol. The largest absolute Gasteiger partial charge is 0.289 e. The molecule has 1 heterocycles. The molecule has 0 amide bonds. The van der Waals surface area contributed by atoms with Crippen LogP contribution in [0.4, 0.5) is 0 Å². The van der Waals surface area contributed by atoms with Gasteiger partial charge in [0.2, 0.25) is 0 Å². The fourth-order valence-electron chi connectivity index (χ4n) is 2.34. The summed E-state index contributed by atoms with van der Waals surface area (Å²) in [6.07, 6.45) is 6.47. The molecule has 1 aliphatic rings. The van der Waals surface area contributed by atoms with Crippen LogP contribution in [0.1, 0.15) is 33.6 Å². The highest BCUT2D eigenvalue weighted by Crippen LogP contribution is 2.28. The number of carbonyl (C=O) groups is 1. The van der Waals surface area contributed by atoms with Gasteiger partial charge in [-0.05, 0) is 43.0 Å². The Hall–Kier alpha value is -1.45. The van der Waals surface area contributed by atoms with E-state index in [9.17, 15) is 4.79 Å². The van der Waals surface area contributed by atoms with E-state index in [1.807, 2.05) is 18.2 Å². The van der Waals surface area contributed by atoms with Crippen LogP contribution in [0.5, 0.6) is 0 Å². The molecule has 4 heteroatoms. The van der Waals surface area contributed by atoms with Crippen LogP contribution in [0.2, 0.25) is 5.02 Å². The average Bonchev–Trinajstić information content (AvgIpc) is 2.86. The maximum absolute atomic E-state index is 12.6. The molecule has 0 unspecified atom stereocenters. The molecule has 19 heavy (non-hydrogen) atoms. The molecule has 0 radical (unpaired) electrons. The van der Waals surface area contributed by atoms with Crippen molar-refractivity contribution in [3.05, 3.63) is 56.5 Å². The maximum atomic E-state index is 12.6. The van der Waals surface area contributed by atoms with Crippen molar-refractivity contribution in [1.29, 1.82) is 0 Å². The molecule has 0 saturated heterocycles. The van der Waals surface area contributed by atoms with Crippen LogP contribution >= 0.6 is 22.9 Å². The predicted molar refractivity (Wildman–Crippen MR) is 78.8 cm³/mol. The topological polar surface area (TPSA) is 30.0 Å². The number of halogens is 1. The number of aromatic nitrogens is 1. The molecule has 96 valence electrons. The SMILES string of the molecule is O=C1/C(=C\c2cncs2)CCCc2ccc(Cl)cc21. The molecule has 3 rings (SSSR count). The molecule has 1 aliphatic carbocycles. The number of thiazole rings is 1. The zero-order valence-electron chi connectivity index (χ0n) is 10.2. The lowest BCUT2D eigenvalue weighted by Crippen LogP contribution is -2.03. The standard InChI is InChI=1S/C15H12ClNOS/c16-12-5-4-10-2-1-3-11(15(18)14(10)7-12)6-13-8-17-9-19-13/h4-9H,1-3H2/b11-6-. The smallest absolute Gasteiger partial charge is 0.189 e. The van der Waals surface area contributed by atoms with Gasteiger partial charge in [-0.2, -0.15) is 0 Å². The third kappa shape index (κ3) is 2.62. The third-order valence-electron chi connectivity index (χ3n) is 3.27. The Balaban J connectivity index is 2.04. The van der Waals surface area contributed by atoms with E-state index >= 15 is 0 Å². The normalized spacial score (nSPS) is 17.3. The third-order valence-corrected chi connectivity index (χ3v) is 4.23. The highest BCUT2D eigenvalue weighted by molar-refractivity contribution is 7.10. The summed E-state index contributed by atoms with van der Waals surface area (Å²) in [4.78, 5) is 17.6. The molecule has 2 nitrogen and oxygen atoms in total. The first-order valence-electron chi connectivity index (χ1n) is 6.16. The molecule has 0 bridgehead atoms. The Labute approximate surface area is 120 Å². The highest BCUT2D eigenvalue weighted by atomic mass is 35.5. The molecule has 0 spiro atoms. The van der Waals surface area contributed by atoms with Crippen molar-refractivity contribution in [2.45, 2.75) is 19.3 Å². The molecule has 0 N–H and O–H groups in total. The number of benzene rings is 1. The van der Waals surface area contributed by atoms with Gasteiger partial charge >= 0.3 is 0 Å². The Kier molecular flexibility index (Phi) is 3.49. The van der Waals surface area contributed by atoms with Crippen molar-refractivity contribution in [3.8, 4) is 0 Å². The minimum atomic E-state index is 0.100. The molecule has 2 aromatic rings. The van der Waals surface area contributed by atoms with E-state index in [0.29, 0.717) is 5.02 Å². The highest BCUT2D eigenvalue weighted by Gasteiger charge is 2.20. The summed E-state index contributed by atoms with van der Waals surface area (Å²) in [5.41, 5.74) is 4.48. The summed E-state index contributed by atoms with van der Waals surface area (Å²) >= 11 is 7.55. The quantitative estimate of drug-likeness (QED) is 0.575. The first-order valence-corrected chi connectivity index (χ1v) is 7.42. The van der Waals surface area contributed by atoms with Crippen LogP contribution in [0.15, 0.2) is 35.5 Å². The lowest BCUT2D eigenvalue weighted by molar-refractivity contribution is 0.103. The van der Waals surface area contributed by atoms with E-state index < -0.39 is 0 Å².